The molecule has 0 bridgehead atoms. The predicted octanol–water partition coefficient (Wildman–Crippen LogP) is 4.13. The van der Waals surface area contributed by atoms with Gasteiger partial charge in [0.2, 0.25) is 5.91 Å². The lowest BCUT2D eigenvalue weighted by Gasteiger charge is -2.13. The van der Waals surface area contributed by atoms with E-state index in [2.05, 4.69) is 25.6 Å². The average molecular weight is 522 g/mol. The molecule has 3 rings (SSSR count). The first kappa shape index (κ1) is 25.5. The summed E-state index contributed by atoms with van der Waals surface area (Å²) in [5, 5.41) is 15.1. The van der Waals surface area contributed by atoms with Crippen molar-refractivity contribution >= 4 is 58.4 Å². The van der Waals surface area contributed by atoms with Gasteiger partial charge in [-0.25, -0.2) is 4.79 Å². The van der Waals surface area contributed by atoms with Gasteiger partial charge < -0.3 is 19.9 Å². The summed E-state index contributed by atoms with van der Waals surface area (Å²) in [6, 6.07) is 10.7. The van der Waals surface area contributed by atoms with Crippen LogP contribution in [0.15, 0.2) is 47.6 Å². The minimum atomic E-state index is -0.598. The highest BCUT2D eigenvalue weighted by atomic mass is 35.5. The number of hydrogen-bond donors (Lipinski definition) is 2. The Balaban J connectivity index is 1.58. The number of anilines is 1. The Morgan fingerprint density at radius 3 is 2.50 bits per heavy atom. The second-order valence-electron chi connectivity index (χ2n) is 7.12. The van der Waals surface area contributed by atoms with Crippen LogP contribution in [0.25, 0.3) is 0 Å². The van der Waals surface area contributed by atoms with E-state index in [9.17, 15) is 14.4 Å². The molecular formula is C22H21Cl2N5O4S. The summed E-state index contributed by atoms with van der Waals surface area (Å²) in [6.45, 7) is 1.79. The van der Waals surface area contributed by atoms with Gasteiger partial charge in [0.25, 0.3) is 5.91 Å². The average Bonchev–Trinajstić information content (AvgIpc) is 3.19. The number of hydrogen-bond acceptors (Lipinski definition) is 7. The first-order chi connectivity index (χ1) is 16.2. The van der Waals surface area contributed by atoms with Gasteiger partial charge in [-0.2, -0.15) is 0 Å². The summed E-state index contributed by atoms with van der Waals surface area (Å²) in [6.07, 6.45) is 0. The number of esters is 1. The van der Waals surface area contributed by atoms with Gasteiger partial charge in [-0.05, 0) is 49.4 Å². The smallest absolute Gasteiger partial charge is 0.339 e. The van der Waals surface area contributed by atoms with Gasteiger partial charge in [0.15, 0.2) is 11.0 Å². The maximum absolute atomic E-state index is 12.4. The standard InChI is InChI=1S/C22H21Cl2N5O4S/c1-12(25-20(31)13-4-6-14(23)7-5-13)19-27-28-22(29(19)2)34-11-18(30)26-15-8-9-17(24)16(10-15)21(32)33-3/h4-10,12H,11H2,1-3H3,(H,25,31)(H,26,30). The molecule has 0 aliphatic heterocycles. The third-order valence-electron chi connectivity index (χ3n) is 4.70. The van der Waals surface area contributed by atoms with Crippen LogP contribution in [0.1, 0.15) is 39.5 Å². The van der Waals surface area contributed by atoms with Crippen LogP contribution >= 0.6 is 35.0 Å². The third kappa shape index (κ3) is 6.28. The fourth-order valence-corrected chi connectivity index (χ4v) is 4.01. The fourth-order valence-electron chi connectivity index (χ4n) is 2.97. The summed E-state index contributed by atoms with van der Waals surface area (Å²) >= 11 is 13.0. The number of aromatic nitrogens is 3. The molecule has 0 saturated heterocycles. The molecule has 2 N–H and O–H groups in total. The molecule has 1 atom stereocenters. The van der Waals surface area contributed by atoms with E-state index in [0.29, 0.717) is 27.3 Å². The van der Waals surface area contributed by atoms with E-state index in [0.717, 1.165) is 0 Å². The van der Waals surface area contributed by atoms with Crippen molar-refractivity contribution in [3.8, 4) is 0 Å². The number of ether oxygens (including phenoxy) is 1. The van der Waals surface area contributed by atoms with Crippen LogP contribution in [0.4, 0.5) is 5.69 Å². The zero-order valence-electron chi connectivity index (χ0n) is 18.5. The van der Waals surface area contributed by atoms with Gasteiger partial charge in [0.1, 0.15) is 0 Å². The topological polar surface area (TPSA) is 115 Å². The highest BCUT2D eigenvalue weighted by Crippen LogP contribution is 2.23. The fraction of sp³-hybridized carbons (Fsp3) is 0.227. The van der Waals surface area contributed by atoms with Crippen LogP contribution in [0.2, 0.25) is 10.0 Å². The van der Waals surface area contributed by atoms with Gasteiger partial charge in [-0.15, -0.1) is 10.2 Å². The molecule has 1 aromatic heterocycles. The molecule has 3 aromatic rings. The van der Waals surface area contributed by atoms with Crippen molar-refractivity contribution in [1.82, 2.24) is 20.1 Å². The van der Waals surface area contributed by atoms with Crippen LogP contribution in [0, 0.1) is 0 Å². The SMILES string of the molecule is COC(=O)c1cc(NC(=O)CSc2nnc(C(C)NC(=O)c3ccc(Cl)cc3)n2C)ccc1Cl. The molecule has 12 heteroatoms. The van der Waals surface area contributed by atoms with E-state index >= 15 is 0 Å². The number of amides is 2. The van der Waals surface area contributed by atoms with Gasteiger partial charge in [-0.1, -0.05) is 35.0 Å². The molecule has 9 nitrogen and oxygen atoms in total. The van der Waals surface area contributed by atoms with Crippen molar-refractivity contribution in [2.24, 2.45) is 7.05 Å². The van der Waals surface area contributed by atoms with E-state index in [1.807, 2.05) is 0 Å². The highest BCUT2D eigenvalue weighted by molar-refractivity contribution is 7.99. The molecule has 1 heterocycles. The number of halogens is 2. The molecule has 0 spiro atoms. The van der Waals surface area contributed by atoms with Crippen LogP contribution in [-0.2, 0) is 16.6 Å². The summed E-state index contributed by atoms with van der Waals surface area (Å²) in [5.74, 6) is -0.593. The van der Waals surface area contributed by atoms with E-state index in [1.54, 1.807) is 48.9 Å². The molecular weight excluding hydrogens is 501 g/mol. The zero-order chi connectivity index (χ0) is 24.8. The Kier molecular flexibility index (Phi) is 8.54. The lowest BCUT2D eigenvalue weighted by Crippen LogP contribution is -2.28. The Bertz CT molecular complexity index is 1220. The summed E-state index contributed by atoms with van der Waals surface area (Å²) < 4.78 is 6.39. The molecule has 0 radical (unpaired) electrons. The number of carbonyl (C=O) groups excluding carboxylic acids is 3. The number of rotatable bonds is 8. The summed E-state index contributed by atoms with van der Waals surface area (Å²) in [7, 11) is 3.00. The minimum absolute atomic E-state index is 0.0493. The zero-order valence-corrected chi connectivity index (χ0v) is 20.8. The Hall–Kier alpha value is -3.08. The molecule has 0 saturated carbocycles. The Morgan fingerprint density at radius 1 is 1.12 bits per heavy atom. The monoisotopic (exact) mass is 521 g/mol. The van der Waals surface area contributed by atoms with Gasteiger partial charge in [0.05, 0.1) is 29.5 Å². The van der Waals surface area contributed by atoms with Gasteiger partial charge >= 0.3 is 5.97 Å². The van der Waals surface area contributed by atoms with Crippen LogP contribution in [0.5, 0.6) is 0 Å². The number of nitrogens with zero attached hydrogens (tertiary/aromatic N) is 3. The predicted molar refractivity (Wildman–Crippen MR) is 130 cm³/mol. The van der Waals surface area contributed by atoms with Crippen molar-refractivity contribution in [2.75, 3.05) is 18.2 Å². The maximum Gasteiger partial charge on any atom is 0.339 e. The minimum Gasteiger partial charge on any atom is -0.465 e. The van der Waals surface area contributed by atoms with Crippen molar-refractivity contribution in [2.45, 2.75) is 18.1 Å². The molecule has 2 amide bonds. The summed E-state index contributed by atoms with van der Waals surface area (Å²) in [4.78, 5) is 36.6. The number of methoxy groups -OCH3 is 1. The molecule has 0 aliphatic carbocycles. The van der Waals surface area contributed by atoms with Crippen LogP contribution < -0.4 is 10.6 Å². The first-order valence-electron chi connectivity index (χ1n) is 9.95. The number of thioether (sulfide) groups is 1. The lowest BCUT2D eigenvalue weighted by molar-refractivity contribution is -0.113. The first-order valence-corrected chi connectivity index (χ1v) is 11.7. The lowest BCUT2D eigenvalue weighted by atomic mass is 10.2. The largest absolute Gasteiger partial charge is 0.465 e. The molecule has 0 aliphatic rings. The van der Waals surface area contributed by atoms with E-state index in [1.165, 1.54) is 31.0 Å². The number of benzene rings is 2. The highest BCUT2D eigenvalue weighted by Gasteiger charge is 2.19. The van der Waals surface area contributed by atoms with Crippen molar-refractivity contribution in [3.05, 3.63) is 69.5 Å². The molecule has 178 valence electrons. The quantitative estimate of drug-likeness (QED) is 0.338. The summed E-state index contributed by atoms with van der Waals surface area (Å²) in [5.41, 5.74) is 1.04. The number of carbonyl (C=O) groups is 3. The molecule has 34 heavy (non-hydrogen) atoms. The maximum atomic E-state index is 12.4. The van der Waals surface area contributed by atoms with Crippen LogP contribution in [-0.4, -0.2) is 45.4 Å². The van der Waals surface area contributed by atoms with Gasteiger partial charge in [-0.3, -0.25) is 9.59 Å². The van der Waals surface area contributed by atoms with Crippen LogP contribution in [0.3, 0.4) is 0 Å². The van der Waals surface area contributed by atoms with E-state index < -0.39 is 12.0 Å². The second kappa shape index (κ2) is 11.4. The Labute approximate surface area is 210 Å². The third-order valence-corrected chi connectivity index (χ3v) is 6.30. The van der Waals surface area contributed by atoms with E-state index in [-0.39, 0.29) is 28.2 Å². The second-order valence-corrected chi connectivity index (χ2v) is 8.91. The van der Waals surface area contributed by atoms with Crippen molar-refractivity contribution in [1.29, 1.82) is 0 Å². The van der Waals surface area contributed by atoms with Gasteiger partial charge in [0, 0.05) is 23.3 Å². The molecule has 0 fully saturated rings. The molecule has 2 aromatic carbocycles. The van der Waals surface area contributed by atoms with Crippen molar-refractivity contribution in [3.63, 3.8) is 0 Å². The van der Waals surface area contributed by atoms with Crippen molar-refractivity contribution < 1.29 is 19.1 Å². The Morgan fingerprint density at radius 2 is 1.82 bits per heavy atom. The number of nitrogens with one attached hydrogen (secondary N) is 2. The van der Waals surface area contributed by atoms with E-state index in [4.69, 9.17) is 23.2 Å². The molecule has 1 unspecified atom stereocenters. The normalized spacial score (nSPS) is 11.6.